The molecular weight excluding hydrogens is 245 g/mol. The lowest BCUT2D eigenvalue weighted by molar-refractivity contribution is 0.375. The second kappa shape index (κ2) is 5.75. The molecule has 0 spiro atoms. The van der Waals surface area contributed by atoms with Gasteiger partial charge in [-0.05, 0) is 17.7 Å². The molecule has 6 heteroatoms. The number of hydrogen-bond acceptors (Lipinski definition) is 4. The number of aromatic nitrogens is 2. The normalized spacial score (nSPS) is 10.7. The van der Waals surface area contributed by atoms with Crippen molar-refractivity contribution in [1.29, 1.82) is 0 Å². The Morgan fingerprint density at radius 1 is 1.41 bits per heavy atom. The zero-order chi connectivity index (χ0) is 12.1. The summed E-state index contributed by atoms with van der Waals surface area (Å²) in [7, 11) is 0. The predicted octanol–water partition coefficient (Wildman–Crippen LogP) is 2.19. The third kappa shape index (κ3) is 3.51. The Labute approximate surface area is 103 Å². The van der Waals surface area contributed by atoms with E-state index in [0.717, 1.165) is 5.56 Å². The van der Waals surface area contributed by atoms with Crippen LogP contribution in [0.3, 0.4) is 0 Å². The molecule has 0 unspecified atom stereocenters. The Morgan fingerprint density at radius 2 is 2.29 bits per heavy atom. The van der Waals surface area contributed by atoms with Crippen LogP contribution in [0.5, 0.6) is 0 Å². The molecule has 0 bridgehead atoms. The minimum absolute atomic E-state index is 0.140. The van der Waals surface area contributed by atoms with E-state index in [1.165, 1.54) is 12.4 Å². The third-order valence-corrected chi connectivity index (χ3v) is 2.53. The number of nitrogens with zero attached hydrogens (tertiary/aromatic N) is 2. The SMILES string of the molecule is Fc1ccc(CNCCc2ncno2)cc1Cl. The van der Waals surface area contributed by atoms with Gasteiger partial charge < -0.3 is 9.84 Å². The van der Waals surface area contributed by atoms with Crippen LogP contribution in [-0.4, -0.2) is 16.7 Å². The Morgan fingerprint density at radius 3 is 3.00 bits per heavy atom. The van der Waals surface area contributed by atoms with Crippen LogP contribution in [0.15, 0.2) is 29.0 Å². The molecule has 0 saturated carbocycles. The Hall–Kier alpha value is -1.46. The second-order valence-electron chi connectivity index (χ2n) is 3.51. The number of halogens is 2. The van der Waals surface area contributed by atoms with Crippen LogP contribution in [0, 0.1) is 5.82 Å². The fourth-order valence-electron chi connectivity index (χ4n) is 1.38. The Kier molecular flexibility index (Phi) is 4.06. The van der Waals surface area contributed by atoms with E-state index in [9.17, 15) is 4.39 Å². The van der Waals surface area contributed by atoms with E-state index in [0.29, 0.717) is 25.4 Å². The fraction of sp³-hybridized carbons (Fsp3) is 0.273. The zero-order valence-electron chi connectivity index (χ0n) is 8.99. The molecule has 2 rings (SSSR count). The molecule has 0 aliphatic carbocycles. The first-order valence-electron chi connectivity index (χ1n) is 5.16. The van der Waals surface area contributed by atoms with E-state index in [4.69, 9.17) is 16.1 Å². The van der Waals surface area contributed by atoms with E-state index in [1.54, 1.807) is 12.1 Å². The third-order valence-electron chi connectivity index (χ3n) is 2.24. The lowest BCUT2D eigenvalue weighted by Crippen LogP contribution is -2.16. The molecule has 0 aliphatic heterocycles. The van der Waals surface area contributed by atoms with E-state index < -0.39 is 5.82 Å². The van der Waals surface area contributed by atoms with E-state index in [-0.39, 0.29) is 5.02 Å². The van der Waals surface area contributed by atoms with Crippen molar-refractivity contribution in [3.63, 3.8) is 0 Å². The Balaban J connectivity index is 1.76. The first kappa shape index (κ1) is 12.0. The molecular formula is C11H11ClFN3O. The van der Waals surface area contributed by atoms with Crippen LogP contribution in [0.4, 0.5) is 4.39 Å². The van der Waals surface area contributed by atoms with Crippen molar-refractivity contribution >= 4 is 11.6 Å². The average Bonchev–Trinajstić information content (AvgIpc) is 2.82. The van der Waals surface area contributed by atoms with Crippen molar-refractivity contribution in [1.82, 2.24) is 15.5 Å². The average molecular weight is 256 g/mol. The van der Waals surface area contributed by atoms with Crippen LogP contribution in [0.2, 0.25) is 5.02 Å². The minimum atomic E-state index is -0.402. The lowest BCUT2D eigenvalue weighted by atomic mass is 10.2. The highest BCUT2D eigenvalue weighted by atomic mass is 35.5. The van der Waals surface area contributed by atoms with Gasteiger partial charge in [-0.2, -0.15) is 4.98 Å². The summed E-state index contributed by atoms with van der Waals surface area (Å²) in [5, 5.41) is 6.83. The minimum Gasteiger partial charge on any atom is -0.340 e. The van der Waals surface area contributed by atoms with Gasteiger partial charge in [0, 0.05) is 19.5 Å². The molecule has 0 atom stereocenters. The molecule has 0 saturated heterocycles. The molecule has 0 fully saturated rings. The van der Waals surface area contributed by atoms with Gasteiger partial charge >= 0.3 is 0 Å². The van der Waals surface area contributed by atoms with Crippen molar-refractivity contribution in [2.45, 2.75) is 13.0 Å². The second-order valence-corrected chi connectivity index (χ2v) is 3.92. The van der Waals surface area contributed by atoms with Crippen molar-refractivity contribution in [3.05, 3.63) is 46.8 Å². The molecule has 1 heterocycles. The van der Waals surface area contributed by atoms with Crippen molar-refractivity contribution in [2.24, 2.45) is 0 Å². The smallest absolute Gasteiger partial charge is 0.227 e. The number of nitrogens with one attached hydrogen (secondary N) is 1. The lowest BCUT2D eigenvalue weighted by Gasteiger charge is -2.04. The summed E-state index contributed by atoms with van der Waals surface area (Å²) >= 11 is 5.67. The number of rotatable bonds is 5. The van der Waals surface area contributed by atoms with Crippen molar-refractivity contribution in [3.8, 4) is 0 Å². The van der Waals surface area contributed by atoms with Crippen LogP contribution >= 0.6 is 11.6 Å². The molecule has 0 aliphatic rings. The Bertz CT molecular complexity index is 476. The van der Waals surface area contributed by atoms with E-state index in [1.807, 2.05) is 0 Å². The highest BCUT2D eigenvalue weighted by Crippen LogP contribution is 2.15. The zero-order valence-corrected chi connectivity index (χ0v) is 9.75. The highest BCUT2D eigenvalue weighted by Gasteiger charge is 2.01. The maximum Gasteiger partial charge on any atom is 0.227 e. The molecule has 90 valence electrons. The standard InChI is InChI=1S/C11H11ClFN3O/c12-9-5-8(1-2-10(9)13)6-14-4-3-11-15-7-16-17-11/h1-2,5,7,14H,3-4,6H2. The molecule has 2 aromatic rings. The van der Waals surface area contributed by atoms with Gasteiger partial charge in [0.15, 0.2) is 6.33 Å². The van der Waals surface area contributed by atoms with Crippen LogP contribution < -0.4 is 5.32 Å². The van der Waals surface area contributed by atoms with Crippen LogP contribution in [0.25, 0.3) is 0 Å². The van der Waals surface area contributed by atoms with Gasteiger partial charge in [0.1, 0.15) is 5.82 Å². The summed E-state index contributed by atoms with van der Waals surface area (Å²) in [6, 6.07) is 4.66. The summed E-state index contributed by atoms with van der Waals surface area (Å²) in [5.41, 5.74) is 0.932. The predicted molar refractivity (Wildman–Crippen MR) is 61.1 cm³/mol. The van der Waals surface area contributed by atoms with Gasteiger partial charge in [0.05, 0.1) is 5.02 Å². The summed E-state index contributed by atoms with van der Waals surface area (Å²) < 4.78 is 17.7. The van der Waals surface area contributed by atoms with E-state index in [2.05, 4.69) is 15.5 Å². The van der Waals surface area contributed by atoms with Crippen LogP contribution in [0.1, 0.15) is 11.5 Å². The topological polar surface area (TPSA) is 51.0 Å². The molecule has 1 aromatic carbocycles. The quantitative estimate of drug-likeness (QED) is 0.832. The number of hydrogen-bond donors (Lipinski definition) is 1. The largest absolute Gasteiger partial charge is 0.340 e. The highest BCUT2D eigenvalue weighted by molar-refractivity contribution is 6.30. The molecule has 17 heavy (non-hydrogen) atoms. The maximum atomic E-state index is 12.9. The first-order chi connectivity index (χ1) is 8.25. The monoisotopic (exact) mass is 255 g/mol. The van der Waals surface area contributed by atoms with Gasteiger partial charge in [0.25, 0.3) is 0 Å². The first-order valence-corrected chi connectivity index (χ1v) is 5.53. The van der Waals surface area contributed by atoms with Crippen molar-refractivity contribution < 1.29 is 8.91 Å². The van der Waals surface area contributed by atoms with Gasteiger partial charge in [0.2, 0.25) is 5.89 Å². The maximum absolute atomic E-state index is 12.9. The molecule has 4 nitrogen and oxygen atoms in total. The summed E-state index contributed by atoms with van der Waals surface area (Å²) in [5.74, 6) is 0.191. The van der Waals surface area contributed by atoms with Gasteiger partial charge in [-0.1, -0.05) is 22.8 Å². The summed E-state index contributed by atoms with van der Waals surface area (Å²) in [6.45, 7) is 1.32. The molecule has 0 radical (unpaired) electrons. The summed E-state index contributed by atoms with van der Waals surface area (Å²) in [4.78, 5) is 3.90. The molecule has 0 amide bonds. The molecule has 1 aromatic heterocycles. The van der Waals surface area contributed by atoms with Crippen LogP contribution in [-0.2, 0) is 13.0 Å². The van der Waals surface area contributed by atoms with Crippen molar-refractivity contribution in [2.75, 3.05) is 6.54 Å². The summed E-state index contributed by atoms with van der Waals surface area (Å²) in [6.07, 6.45) is 2.03. The number of benzene rings is 1. The van der Waals surface area contributed by atoms with Gasteiger partial charge in [-0.15, -0.1) is 0 Å². The van der Waals surface area contributed by atoms with Gasteiger partial charge in [-0.3, -0.25) is 0 Å². The molecule has 1 N–H and O–H groups in total. The van der Waals surface area contributed by atoms with E-state index >= 15 is 0 Å². The van der Waals surface area contributed by atoms with Gasteiger partial charge in [-0.25, -0.2) is 4.39 Å². The fourth-order valence-corrected chi connectivity index (χ4v) is 1.59.